The molecular weight excluding hydrogens is 480 g/mol. The first-order valence-electron chi connectivity index (χ1n) is 12.1. The van der Waals surface area contributed by atoms with Gasteiger partial charge in [0.25, 0.3) is 0 Å². The van der Waals surface area contributed by atoms with Crippen LogP contribution in [0.4, 0.5) is 0 Å². The molecule has 9 nitrogen and oxygen atoms in total. The van der Waals surface area contributed by atoms with Gasteiger partial charge < -0.3 is 35.0 Å². The van der Waals surface area contributed by atoms with Crippen LogP contribution in [0.25, 0.3) is 0 Å². The van der Waals surface area contributed by atoms with Gasteiger partial charge in [0, 0.05) is 6.42 Å². The maximum atomic E-state index is 10.6. The molecule has 0 amide bonds. The van der Waals surface area contributed by atoms with Crippen molar-refractivity contribution in [3.8, 4) is 0 Å². The molecule has 4 atom stereocenters. The van der Waals surface area contributed by atoms with Gasteiger partial charge in [-0.25, -0.2) is 4.79 Å². The van der Waals surface area contributed by atoms with E-state index in [1.54, 1.807) is 60.8 Å². The van der Waals surface area contributed by atoms with Crippen LogP contribution in [-0.4, -0.2) is 75.1 Å². The lowest BCUT2D eigenvalue weighted by molar-refractivity contribution is -0.141. The third-order valence-electron chi connectivity index (χ3n) is 4.62. The van der Waals surface area contributed by atoms with E-state index in [-0.39, 0.29) is 25.2 Å². The number of allylic oxidation sites excluding steroid dienone is 8. The molecule has 0 saturated carbocycles. The lowest BCUT2D eigenvalue weighted by Crippen LogP contribution is -2.31. The zero-order chi connectivity index (χ0) is 27.9. The number of hydrogen-bond acceptors (Lipinski definition) is 7. The smallest absolute Gasteiger partial charge is 0.341 e. The fraction of sp³-hybridized carbons (Fsp3) is 0.429. The van der Waals surface area contributed by atoms with Crippen molar-refractivity contribution in [2.24, 2.45) is 0 Å². The van der Waals surface area contributed by atoms with Gasteiger partial charge in [0.1, 0.15) is 18.0 Å². The number of hydrogen-bond donors (Lipinski definition) is 5. The molecule has 0 fully saturated rings. The number of carboxylic acid groups (broad SMARTS) is 2. The predicted molar refractivity (Wildman–Crippen MR) is 142 cm³/mol. The normalized spacial score (nSPS) is 15.9. The van der Waals surface area contributed by atoms with Crippen LogP contribution >= 0.6 is 0 Å². The topological polar surface area (TPSA) is 154 Å². The Morgan fingerprint density at radius 1 is 0.838 bits per heavy atom. The molecule has 0 aliphatic carbocycles. The molecule has 37 heavy (non-hydrogen) atoms. The lowest BCUT2D eigenvalue weighted by atomic mass is 10.1. The van der Waals surface area contributed by atoms with Gasteiger partial charge in [-0.1, -0.05) is 86.4 Å². The maximum Gasteiger partial charge on any atom is 0.341 e. The molecule has 4 unspecified atom stereocenters. The van der Waals surface area contributed by atoms with Gasteiger partial charge in [0.15, 0.2) is 6.61 Å². The van der Waals surface area contributed by atoms with E-state index >= 15 is 0 Å². The third-order valence-corrected chi connectivity index (χ3v) is 4.62. The van der Waals surface area contributed by atoms with E-state index in [0.717, 1.165) is 6.42 Å². The average Bonchev–Trinajstić information content (AvgIpc) is 2.85. The summed E-state index contributed by atoms with van der Waals surface area (Å²) in [6.45, 7) is 4.56. The Bertz CT molecular complexity index is 837. The second-order valence-corrected chi connectivity index (χ2v) is 7.89. The Kier molecular flexibility index (Phi) is 20.1. The predicted octanol–water partition coefficient (Wildman–Crippen LogP) is 3.46. The van der Waals surface area contributed by atoms with Crippen LogP contribution in [0.1, 0.15) is 39.0 Å². The highest BCUT2D eigenvalue weighted by atomic mass is 16.5. The van der Waals surface area contributed by atoms with Gasteiger partial charge in [0.05, 0.1) is 18.8 Å². The van der Waals surface area contributed by atoms with Crippen LogP contribution in [0.3, 0.4) is 0 Å². The second kappa shape index (κ2) is 22.0. The van der Waals surface area contributed by atoms with Crippen LogP contribution in [0.2, 0.25) is 0 Å². The summed E-state index contributed by atoms with van der Waals surface area (Å²) >= 11 is 0. The summed E-state index contributed by atoms with van der Waals surface area (Å²) < 4.78 is 10.4. The summed E-state index contributed by atoms with van der Waals surface area (Å²) in [5.41, 5.74) is 0. The number of carbonyl (C=O) groups is 2. The molecular formula is C28H40O9. The molecule has 0 aromatic carbocycles. The molecule has 0 aliphatic heterocycles. The Morgan fingerprint density at radius 2 is 1.46 bits per heavy atom. The molecule has 206 valence electrons. The maximum absolute atomic E-state index is 10.6. The van der Waals surface area contributed by atoms with Crippen LogP contribution in [-0.2, 0) is 19.1 Å². The van der Waals surface area contributed by atoms with Crippen LogP contribution in [0.15, 0.2) is 85.3 Å². The van der Waals surface area contributed by atoms with Gasteiger partial charge in [-0.05, 0) is 25.7 Å². The number of aliphatic hydroxyl groups excluding tert-OH is 3. The van der Waals surface area contributed by atoms with Crippen molar-refractivity contribution in [3.05, 3.63) is 85.3 Å². The molecule has 0 aliphatic rings. The Balaban J connectivity index is 4.95. The summed E-state index contributed by atoms with van der Waals surface area (Å²) in [5.74, 6) is -2.29. The van der Waals surface area contributed by atoms with Gasteiger partial charge in [-0.15, -0.1) is 0 Å². The molecule has 0 aromatic heterocycles. The van der Waals surface area contributed by atoms with Gasteiger partial charge in [0.2, 0.25) is 0 Å². The molecule has 0 radical (unpaired) electrons. The van der Waals surface area contributed by atoms with Crippen molar-refractivity contribution >= 4 is 11.9 Å². The Labute approximate surface area is 218 Å². The minimum absolute atomic E-state index is 0.0144. The van der Waals surface area contributed by atoms with Crippen molar-refractivity contribution in [3.63, 3.8) is 0 Å². The highest BCUT2D eigenvalue weighted by Crippen LogP contribution is 2.11. The molecule has 0 saturated heterocycles. The zero-order valence-electron chi connectivity index (χ0n) is 21.3. The van der Waals surface area contributed by atoms with Crippen molar-refractivity contribution in [2.45, 2.75) is 63.4 Å². The monoisotopic (exact) mass is 520 g/mol. The molecule has 0 aromatic rings. The van der Waals surface area contributed by atoms with Gasteiger partial charge >= 0.3 is 11.9 Å². The van der Waals surface area contributed by atoms with Crippen molar-refractivity contribution in [1.82, 2.24) is 0 Å². The van der Waals surface area contributed by atoms with Gasteiger partial charge in [-0.2, -0.15) is 0 Å². The quantitative estimate of drug-likeness (QED) is 0.0869. The number of ether oxygens (including phenoxy) is 2. The summed E-state index contributed by atoms with van der Waals surface area (Å²) in [6, 6.07) is 0. The van der Waals surface area contributed by atoms with Crippen LogP contribution in [0.5, 0.6) is 0 Å². The molecule has 0 spiro atoms. The summed E-state index contributed by atoms with van der Waals surface area (Å²) in [7, 11) is 0. The SMILES string of the molecule is C=C(OCC(=O)O)C(O)COC(/C=C/C=C/C=C\C=C\C(O)C/C=C\CC)C(O)C/C=C\CCC(=O)O. The van der Waals surface area contributed by atoms with E-state index in [1.807, 2.05) is 19.1 Å². The summed E-state index contributed by atoms with van der Waals surface area (Å²) in [4.78, 5) is 21.2. The summed E-state index contributed by atoms with van der Waals surface area (Å²) in [6.07, 6.45) is 19.2. The van der Waals surface area contributed by atoms with E-state index < -0.39 is 43.0 Å². The van der Waals surface area contributed by atoms with E-state index in [9.17, 15) is 24.9 Å². The van der Waals surface area contributed by atoms with Crippen LogP contribution in [0, 0.1) is 0 Å². The zero-order valence-corrected chi connectivity index (χ0v) is 21.3. The lowest BCUT2D eigenvalue weighted by Gasteiger charge is -2.22. The molecule has 5 N–H and O–H groups in total. The van der Waals surface area contributed by atoms with Crippen molar-refractivity contribution in [2.75, 3.05) is 13.2 Å². The first-order chi connectivity index (χ1) is 17.7. The number of aliphatic hydroxyl groups is 3. The minimum Gasteiger partial charge on any atom is -0.484 e. The number of rotatable bonds is 21. The van der Waals surface area contributed by atoms with E-state index in [2.05, 4.69) is 6.58 Å². The fourth-order valence-corrected chi connectivity index (χ4v) is 2.64. The first kappa shape index (κ1) is 33.8. The fourth-order valence-electron chi connectivity index (χ4n) is 2.64. The standard InChI is InChI=1S/C28H40O9/c1-3-4-10-15-23(29)16-11-7-5-6-8-13-18-26(24(30)17-12-9-14-19-27(32)33)37-20-25(31)22(2)36-21-28(34)35/h4-13,16,18,23-26,29-31H,2-3,14-15,17,19-21H2,1H3,(H,32,33)(H,34,35)/b7-5-,8-6+,10-4-,12-9-,16-11+,18-13+. The minimum atomic E-state index is -1.30. The van der Waals surface area contributed by atoms with Gasteiger partial charge in [-0.3, -0.25) is 4.79 Å². The van der Waals surface area contributed by atoms with E-state index in [1.165, 1.54) is 0 Å². The Hall–Kier alpha value is -3.24. The molecule has 0 rings (SSSR count). The Morgan fingerprint density at radius 3 is 2.08 bits per heavy atom. The first-order valence-corrected chi connectivity index (χ1v) is 12.1. The van der Waals surface area contributed by atoms with Crippen molar-refractivity contribution in [1.29, 1.82) is 0 Å². The summed E-state index contributed by atoms with van der Waals surface area (Å²) in [5, 5.41) is 47.7. The molecule has 0 bridgehead atoms. The third kappa shape index (κ3) is 20.6. The van der Waals surface area contributed by atoms with Crippen LogP contribution < -0.4 is 0 Å². The molecule has 9 heteroatoms. The molecule has 0 heterocycles. The number of carboxylic acids is 2. The highest BCUT2D eigenvalue weighted by molar-refractivity contribution is 5.68. The van der Waals surface area contributed by atoms with Crippen molar-refractivity contribution < 1.29 is 44.6 Å². The highest BCUT2D eigenvalue weighted by Gasteiger charge is 2.19. The largest absolute Gasteiger partial charge is 0.484 e. The van der Waals surface area contributed by atoms with E-state index in [0.29, 0.717) is 12.8 Å². The second-order valence-electron chi connectivity index (χ2n) is 7.89. The number of aliphatic carboxylic acids is 2. The average molecular weight is 521 g/mol. The van der Waals surface area contributed by atoms with E-state index in [4.69, 9.17) is 19.7 Å².